The summed E-state index contributed by atoms with van der Waals surface area (Å²) >= 11 is 11.7. The van der Waals surface area contributed by atoms with E-state index in [-0.39, 0.29) is 20.5 Å². The van der Waals surface area contributed by atoms with E-state index < -0.39 is 20.0 Å². The number of anilines is 2. The average Bonchev–Trinajstić information content (AvgIpc) is 2.63. The summed E-state index contributed by atoms with van der Waals surface area (Å²) in [6.45, 7) is 0. The molecule has 0 saturated heterocycles. The summed E-state index contributed by atoms with van der Waals surface area (Å²) < 4.78 is 55.0. The first kappa shape index (κ1) is 20.5. The van der Waals surface area contributed by atoms with Gasteiger partial charge in [-0.3, -0.25) is 9.44 Å². The third kappa shape index (κ3) is 4.77. The Bertz CT molecular complexity index is 1210. The van der Waals surface area contributed by atoms with Crippen molar-refractivity contribution in [3.05, 3.63) is 82.8 Å². The number of hydrogen-bond donors (Lipinski definition) is 2. The van der Waals surface area contributed by atoms with Crippen molar-refractivity contribution in [3.8, 4) is 0 Å². The molecule has 2 N–H and O–H groups in total. The summed E-state index contributed by atoms with van der Waals surface area (Å²) in [6, 6.07) is 17.5. The zero-order valence-electron chi connectivity index (χ0n) is 14.1. The number of rotatable bonds is 6. The van der Waals surface area contributed by atoms with Gasteiger partial charge in [0.15, 0.2) is 0 Å². The summed E-state index contributed by atoms with van der Waals surface area (Å²) in [5.74, 6) is 0. The van der Waals surface area contributed by atoms with Crippen molar-refractivity contribution < 1.29 is 16.8 Å². The molecule has 0 aromatic heterocycles. The highest BCUT2D eigenvalue weighted by atomic mass is 35.5. The van der Waals surface area contributed by atoms with Gasteiger partial charge in [-0.25, -0.2) is 16.8 Å². The molecule has 0 fully saturated rings. The van der Waals surface area contributed by atoms with Gasteiger partial charge >= 0.3 is 0 Å². The van der Waals surface area contributed by atoms with Crippen LogP contribution in [-0.4, -0.2) is 16.8 Å². The van der Waals surface area contributed by atoms with Crippen molar-refractivity contribution in [1.82, 2.24) is 0 Å². The number of sulfonamides is 2. The summed E-state index contributed by atoms with van der Waals surface area (Å²) in [6.07, 6.45) is 0. The molecule has 0 atom stereocenters. The van der Waals surface area contributed by atoms with E-state index in [1.165, 1.54) is 54.6 Å². The molecule has 10 heteroatoms. The number of halogens is 2. The SMILES string of the molecule is O=S(=O)(Nc1ccc(Cl)cc1)c1cccc(NS(=O)(=O)c2ccccc2Cl)c1. The minimum atomic E-state index is -3.98. The summed E-state index contributed by atoms with van der Waals surface area (Å²) in [5.41, 5.74) is 0.408. The molecular formula is C18H14Cl2N2O4S2. The predicted molar refractivity (Wildman–Crippen MR) is 111 cm³/mol. The van der Waals surface area contributed by atoms with Crippen LogP contribution in [0.15, 0.2) is 82.6 Å². The maximum Gasteiger partial charge on any atom is 0.263 e. The molecule has 0 aliphatic carbocycles. The van der Waals surface area contributed by atoms with Gasteiger partial charge < -0.3 is 0 Å². The van der Waals surface area contributed by atoms with Crippen molar-refractivity contribution in [3.63, 3.8) is 0 Å². The van der Waals surface area contributed by atoms with Gasteiger partial charge in [0.2, 0.25) is 0 Å². The van der Waals surface area contributed by atoms with E-state index in [0.717, 1.165) is 0 Å². The fraction of sp³-hybridized carbons (Fsp3) is 0. The Balaban J connectivity index is 1.87. The van der Waals surface area contributed by atoms with Crippen molar-refractivity contribution in [2.45, 2.75) is 9.79 Å². The minimum absolute atomic E-state index is 0.0585. The van der Waals surface area contributed by atoms with E-state index in [2.05, 4.69) is 9.44 Å². The maximum absolute atomic E-state index is 12.6. The Morgan fingerprint density at radius 1 is 0.643 bits per heavy atom. The van der Waals surface area contributed by atoms with E-state index in [1.807, 2.05) is 0 Å². The Morgan fingerprint density at radius 2 is 1.29 bits per heavy atom. The second kappa shape index (κ2) is 8.00. The number of benzene rings is 3. The van der Waals surface area contributed by atoms with Crippen LogP contribution in [-0.2, 0) is 20.0 Å². The van der Waals surface area contributed by atoms with Gasteiger partial charge in [0.05, 0.1) is 15.6 Å². The summed E-state index contributed by atoms with van der Waals surface area (Å²) in [5, 5.41) is 0.530. The molecule has 0 spiro atoms. The maximum atomic E-state index is 12.6. The standard InChI is InChI=1S/C18H14Cl2N2O4S2/c19-13-8-10-14(11-9-13)21-27(23,24)16-5-3-4-15(12-16)22-28(25,26)18-7-2-1-6-17(18)20/h1-12,21-22H. The largest absolute Gasteiger partial charge is 0.280 e. The first-order chi connectivity index (χ1) is 13.2. The normalized spacial score (nSPS) is 11.8. The Labute approximate surface area is 173 Å². The molecule has 0 unspecified atom stereocenters. The molecule has 0 radical (unpaired) electrons. The molecule has 0 aliphatic rings. The van der Waals surface area contributed by atoms with Gasteiger partial charge in [0.25, 0.3) is 20.0 Å². The first-order valence-corrected chi connectivity index (χ1v) is 11.6. The highest BCUT2D eigenvalue weighted by Crippen LogP contribution is 2.25. The third-order valence-electron chi connectivity index (χ3n) is 3.62. The lowest BCUT2D eigenvalue weighted by molar-refractivity contribution is 0.598. The molecule has 28 heavy (non-hydrogen) atoms. The van der Waals surface area contributed by atoms with Gasteiger partial charge in [-0.05, 0) is 54.6 Å². The lowest BCUT2D eigenvalue weighted by Gasteiger charge is -2.12. The Kier molecular flexibility index (Phi) is 5.85. The summed E-state index contributed by atoms with van der Waals surface area (Å²) in [7, 11) is -7.91. The van der Waals surface area contributed by atoms with E-state index in [4.69, 9.17) is 23.2 Å². The molecule has 3 rings (SSSR count). The highest BCUT2D eigenvalue weighted by molar-refractivity contribution is 7.93. The van der Waals surface area contributed by atoms with Crippen LogP contribution in [0, 0.1) is 0 Å². The fourth-order valence-corrected chi connectivity index (χ4v) is 5.13. The summed E-state index contributed by atoms with van der Waals surface area (Å²) in [4.78, 5) is -0.217. The highest BCUT2D eigenvalue weighted by Gasteiger charge is 2.19. The topological polar surface area (TPSA) is 92.3 Å². The van der Waals surface area contributed by atoms with Gasteiger partial charge in [-0.15, -0.1) is 0 Å². The van der Waals surface area contributed by atoms with E-state index in [0.29, 0.717) is 10.7 Å². The van der Waals surface area contributed by atoms with E-state index in [1.54, 1.807) is 18.2 Å². The van der Waals surface area contributed by atoms with Crippen LogP contribution in [0.5, 0.6) is 0 Å². The Morgan fingerprint density at radius 3 is 1.96 bits per heavy atom. The molecule has 0 saturated carbocycles. The van der Waals surface area contributed by atoms with Crippen LogP contribution >= 0.6 is 23.2 Å². The van der Waals surface area contributed by atoms with Crippen LogP contribution in [0.25, 0.3) is 0 Å². The fourth-order valence-electron chi connectivity index (χ4n) is 2.33. The van der Waals surface area contributed by atoms with Gasteiger partial charge in [-0.2, -0.15) is 0 Å². The zero-order chi connectivity index (χ0) is 20.4. The second-order valence-corrected chi connectivity index (χ2v) is 9.85. The third-order valence-corrected chi connectivity index (χ3v) is 7.13. The molecule has 0 aliphatic heterocycles. The predicted octanol–water partition coefficient (Wildman–Crippen LogP) is 4.60. The van der Waals surface area contributed by atoms with Crippen molar-refractivity contribution >= 4 is 54.6 Å². The molecule has 146 valence electrons. The Hall–Kier alpha value is -2.26. The monoisotopic (exact) mass is 456 g/mol. The van der Waals surface area contributed by atoms with Crippen LogP contribution in [0.3, 0.4) is 0 Å². The average molecular weight is 457 g/mol. The van der Waals surface area contributed by atoms with Crippen LogP contribution in [0.1, 0.15) is 0 Å². The molecule has 3 aromatic rings. The molecule has 0 bridgehead atoms. The molecule has 0 heterocycles. The van der Waals surface area contributed by atoms with Gasteiger partial charge in [0, 0.05) is 10.7 Å². The van der Waals surface area contributed by atoms with E-state index >= 15 is 0 Å². The van der Waals surface area contributed by atoms with Crippen LogP contribution in [0.2, 0.25) is 10.0 Å². The molecular weight excluding hydrogens is 443 g/mol. The van der Waals surface area contributed by atoms with Crippen molar-refractivity contribution in [2.24, 2.45) is 0 Å². The lowest BCUT2D eigenvalue weighted by Crippen LogP contribution is -2.15. The minimum Gasteiger partial charge on any atom is -0.280 e. The molecule has 6 nitrogen and oxygen atoms in total. The number of nitrogens with one attached hydrogen (secondary N) is 2. The number of hydrogen-bond acceptors (Lipinski definition) is 4. The zero-order valence-corrected chi connectivity index (χ0v) is 17.3. The van der Waals surface area contributed by atoms with Crippen LogP contribution in [0.4, 0.5) is 11.4 Å². The van der Waals surface area contributed by atoms with E-state index in [9.17, 15) is 16.8 Å². The van der Waals surface area contributed by atoms with Gasteiger partial charge in [-0.1, -0.05) is 41.4 Å². The lowest BCUT2D eigenvalue weighted by atomic mass is 10.3. The van der Waals surface area contributed by atoms with Gasteiger partial charge in [0.1, 0.15) is 4.90 Å². The molecule has 3 aromatic carbocycles. The molecule has 0 amide bonds. The quantitative estimate of drug-likeness (QED) is 0.566. The van der Waals surface area contributed by atoms with Crippen molar-refractivity contribution in [1.29, 1.82) is 0 Å². The smallest absolute Gasteiger partial charge is 0.263 e. The second-order valence-electron chi connectivity index (χ2n) is 5.68. The first-order valence-electron chi connectivity index (χ1n) is 7.83. The van der Waals surface area contributed by atoms with Crippen molar-refractivity contribution in [2.75, 3.05) is 9.44 Å². The van der Waals surface area contributed by atoms with Crippen LogP contribution < -0.4 is 9.44 Å².